The standard InChI is InChI=1S/C19H22N4O2S/c1-2-7-18-21-17-10-6-12-20-19(17)23(18)15-11-13-22(14-15)26(24,25)16-8-4-3-5-9-16/h3-6,8-10,12,15H,2,7,11,13-14H2,1H3/t15-/m0/s1. The van der Waals surface area contributed by atoms with E-state index in [0.717, 1.165) is 36.3 Å². The van der Waals surface area contributed by atoms with Gasteiger partial charge in [-0.15, -0.1) is 0 Å². The van der Waals surface area contributed by atoms with Crippen molar-refractivity contribution in [2.45, 2.75) is 37.1 Å². The number of imidazole rings is 1. The van der Waals surface area contributed by atoms with Crippen LogP contribution < -0.4 is 0 Å². The lowest BCUT2D eigenvalue weighted by Gasteiger charge is -2.18. The van der Waals surface area contributed by atoms with Crippen LogP contribution in [0, 0.1) is 0 Å². The zero-order valence-electron chi connectivity index (χ0n) is 14.7. The van der Waals surface area contributed by atoms with Crippen molar-refractivity contribution in [3.63, 3.8) is 0 Å². The topological polar surface area (TPSA) is 68.1 Å². The van der Waals surface area contributed by atoms with Crippen molar-refractivity contribution in [2.24, 2.45) is 0 Å². The van der Waals surface area contributed by atoms with Crippen molar-refractivity contribution in [1.82, 2.24) is 18.8 Å². The molecule has 6 nitrogen and oxygen atoms in total. The predicted octanol–water partition coefficient (Wildman–Crippen LogP) is 3.02. The molecule has 3 aromatic rings. The molecule has 1 aliphatic heterocycles. The Labute approximate surface area is 153 Å². The molecule has 1 aliphatic rings. The highest BCUT2D eigenvalue weighted by atomic mass is 32.2. The lowest BCUT2D eigenvalue weighted by atomic mass is 10.2. The number of aryl methyl sites for hydroxylation is 1. The SMILES string of the molecule is CCCc1nc2cccnc2n1[C@H]1CCN(S(=O)(=O)c2ccccc2)C1. The van der Waals surface area contributed by atoms with Gasteiger partial charge in [0.05, 0.1) is 10.9 Å². The lowest BCUT2D eigenvalue weighted by Crippen LogP contribution is -2.29. The minimum Gasteiger partial charge on any atom is -0.308 e. The second-order valence-electron chi connectivity index (χ2n) is 6.61. The van der Waals surface area contributed by atoms with Crippen LogP contribution in [0.1, 0.15) is 31.6 Å². The van der Waals surface area contributed by atoms with Gasteiger partial charge in [-0.05, 0) is 37.1 Å². The van der Waals surface area contributed by atoms with Crippen molar-refractivity contribution in [3.05, 3.63) is 54.5 Å². The molecule has 1 fully saturated rings. The van der Waals surface area contributed by atoms with Crippen molar-refractivity contribution in [3.8, 4) is 0 Å². The molecule has 0 amide bonds. The molecule has 0 saturated carbocycles. The Balaban J connectivity index is 1.67. The molecule has 4 rings (SSSR count). The average molecular weight is 370 g/mol. The Kier molecular flexibility index (Phi) is 4.50. The average Bonchev–Trinajstić information content (AvgIpc) is 3.27. The maximum Gasteiger partial charge on any atom is 0.243 e. The quantitative estimate of drug-likeness (QED) is 0.692. The molecule has 0 aliphatic carbocycles. The minimum absolute atomic E-state index is 0.0648. The lowest BCUT2D eigenvalue weighted by molar-refractivity contribution is 0.449. The molecule has 0 unspecified atom stereocenters. The van der Waals surface area contributed by atoms with Gasteiger partial charge in [-0.1, -0.05) is 25.1 Å². The van der Waals surface area contributed by atoms with E-state index in [1.54, 1.807) is 34.8 Å². The van der Waals surface area contributed by atoms with Crippen LogP contribution in [0.3, 0.4) is 0 Å². The Hall–Kier alpha value is -2.25. The summed E-state index contributed by atoms with van der Waals surface area (Å²) in [6.07, 6.45) is 4.38. The van der Waals surface area contributed by atoms with Crippen LogP contribution in [-0.2, 0) is 16.4 Å². The van der Waals surface area contributed by atoms with Gasteiger partial charge in [0, 0.05) is 25.7 Å². The third-order valence-electron chi connectivity index (χ3n) is 4.87. The molecule has 3 heterocycles. The van der Waals surface area contributed by atoms with Crippen LogP contribution in [0.4, 0.5) is 0 Å². The number of fused-ring (bicyclic) bond motifs is 1. The molecule has 26 heavy (non-hydrogen) atoms. The van der Waals surface area contributed by atoms with Gasteiger partial charge in [0.25, 0.3) is 0 Å². The minimum atomic E-state index is -3.46. The summed E-state index contributed by atoms with van der Waals surface area (Å²) in [5.74, 6) is 0.991. The van der Waals surface area contributed by atoms with Crippen molar-refractivity contribution in [1.29, 1.82) is 0 Å². The molecule has 136 valence electrons. The van der Waals surface area contributed by atoms with E-state index in [1.165, 1.54) is 0 Å². The molecule has 1 saturated heterocycles. The maximum absolute atomic E-state index is 12.9. The first-order valence-corrected chi connectivity index (χ1v) is 10.4. The Bertz CT molecular complexity index is 1010. The molecule has 0 spiro atoms. The summed E-state index contributed by atoms with van der Waals surface area (Å²) in [5, 5.41) is 0. The second kappa shape index (κ2) is 6.81. The number of benzene rings is 1. The van der Waals surface area contributed by atoms with Gasteiger partial charge in [0.15, 0.2) is 5.65 Å². The Morgan fingerprint density at radius 3 is 2.73 bits per heavy atom. The van der Waals surface area contributed by atoms with E-state index in [2.05, 4.69) is 16.5 Å². The van der Waals surface area contributed by atoms with E-state index < -0.39 is 10.0 Å². The fraction of sp³-hybridized carbons (Fsp3) is 0.368. The normalized spacial score (nSPS) is 18.6. The number of rotatable bonds is 5. The second-order valence-corrected chi connectivity index (χ2v) is 8.55. The Morgan fingerprint density at radius 1 is 1.15 bits per heavy atom. The van der Waals surface area contributed by atoms with Gasteiger partial charge in [0.1, 0.15) is 11.3 Å². The highest BCUT2D eigenvalue weighted by Crippen LogP contribution is 2.31. The number of sulfonamides is 1. The molecule has 1 aromatic carbocycles. The van der Waals surface area contributed by atoms with Gasteiger partial charge < -0.3 is 4.57 Å². The van der Waals surface area contributed by atoms with Crippen molar-refractivity contribution < 1.29 is 8.42 Å². The van der Waals surface area contributed by atoms with Gasteiger partial charge in [-0.25, -0.2) is 18.4 Å². The van der Waals surface area contributed by atoms with Crippen LogP contribution in [0.15, 0.2) is 53.6 Å². The third kappa shape index (κ3) is 2.91. The van der Waals surface area contributed by atoms with E-state index in [1.807, 2.05) is 18.2 Å². The van der Waals surface area contributed by atoms with Gasteiger partial charge >= 0.3 is 0 Å². The van der Waals surface area contributed by atoms with Crippen LogP contribution in [0.25, 0.3) is 11.2 Å². The first-order chi connectivity index (χ1) is 12.6. The first kappa shape index (κ1) is 17.2. The Morgan fingerprint density at radius 2 is 1.96 bits per heavy atom. The number of nitrogens with zero attached hydrogens (tertiary/aromatic N) is 4. The highest BCUT2D eigenvalue weighted by Gasteiger charge is 2.34. The van der Waals surface area contributed by atoms with E-state index in [0.29, 0.717) is 18.0 Å². The van der Waals surface area contributed by atoms with Crippen LogP contribution >= 0.6 is 0 Å². The number of aromatic nitrogens is 3. The largest absolute Gasteiger partial charge is 0.308 e. The third-order valence-corrected chi connectivity index (χ3v) is 6.75. The number of pyridine rings is 1. The first-order valence-electron chi connectivity index (χ1n) is 8.98. The van der Waals surface area contributed by atoms with Gasteiger partial charge in [-0.3, -0.25) is 0 Å². The summed E-state index contributed by atoms with van der Waals surface area (Å²) in [6, 6.07) is 12.6. The highest BCUT2D eigenvalue weighted by molar-refractivity contribution is 7.89. The van der Waals surface area contributed by atoms with Crippen molar-refractivity contribution >= 4 is 21.2 Å². The molecule has 7 heteroatoms. The predicted molar refractivity (Wildman–Crippen MR) is 100 cm³/mol. The molecule has 0 bridgehead atoms. The molecular formula is C19H22N4O2S. The molecule has 1 atom stereocenters. The maximum atomic E-state index is 12.9. The molecule has 0 radical (unpaired) electrons. The number of hydrogen-bond acceptors (Lipinski definition) is 4. The van der Waals surface area contributed by atoms with Gasteiger partial charge in [0.2, 0.25) is 10.0 Å². The van der Waals surface area contributed by atoms with Gasteiger partial charge in [-0.2, -0.15) is 4.31 Å². The fourth-order valence-electron chi connectivity index (χ4n) is 3.64. The molecule has 0 N–H and O–H groups in total. The summed E-state index contributed by atoms with van der Waals surface area (Å²) in [5.41, 5.74) is 1.72. The van der Waals surface area contributed by atoms with E-state index >= 15 is 0 Å². The summed E-state index contributed by atoms with van der Waals surface area (Å²) < 4.78 is 29.6. The van der Waals surface area contributed by atoms with E-state index in [-0.39, 0.29) is 6.04 Å². The number of hydrogen-bond donors (Lipinski definition) is 0. The van der Waals surface area contributed by atoms with Crippen molar-refractivity contribution in [2.75, 3.05) is 13.1 Å². The zero-order chi connectivity index (χ0) is 18.1. The summed E-state index contributed by atoms with van der Waals surface area (Å²) in [7, 11) is -3.46. The van der Waals surface area contributed by atoms with E-state index in [9.17, 15) is 8.42 Å². The monoisotopic (exact) mass is 370 g/mol. The van der Waals surface area contributed by atoms with Crippen LogP contribution in [0.2, 0.25) is 0 Å². The molecule has 2 aromatic heterocycles. The van der Waals surface area contributed by atoms with Crippen LogP contribution in [-0.4, -0.2) is 40.3 Å². The fourth-order valence-corrected chi connectivity index (χ4v) is 5.15. The smallest absolute Gasteiger partial charge is 0.243 e. The summed E-state index contributed by atoms with van der Waals surface area (Å²) >= 11 is 0. The summed E-state index contributed by atoms with van der Waals surface area (Å²) in [4.78, 5) is 9.58. The van der Waals surface area contributed by atoms with Crippen LogP contribution in [0.5, 0.6) is 0 Å². The van der Waals surface area contributed by atoms with E-state index in [4.69, 9.17) is 4.98 Å². The molecular weight excluding hydrogens is 348 g/mol. The summed E-state index contributed by atoms with van der Waals surface area (Å²) in [6.45, 7) is 3.09. The zero-order valence-corrected chi connectivity index (χ0v) is 15.6.